The van der Waals surface area contributed by atoms with E-state index in [1.165, 1.54) is 30.4 Å². The molecule has 0 atom stereocenters. The Morgan fingerprint density at radius 3 is 2.38 bits per heavy atom. The van der Waals surface area contributed by atoms with Crippen LogP contribution in [0.2, 0.25) is 0 Å². The molecule has 0 saturated heterocycles. The topological polar surface area (TPSA) is 80.7 Å². The Morgan fingerprint density at radius 1 is 1.04 bits per heavy atom. The number of nitrogens with zero attached hydrogens (tertiary/aromatic N) is 4. The number of nitrogens with one attached hydrogen (secondary N) is 1. The highest BCUT2D eigenvalue weighted by Crippen LogP contribution is 2.26. The van der Waals surface area contributed by atoms with E-state index in [2.05, 4.69) is 25.3 Å². The van der Waals surface area contributed by atoms with E-state index in [9.17, 15) is 4.79 Å². The first-order valence-electron chi connectivity index (χ1n) is 7.28. The highest BCUT2D eigenvalue weighted by molar-refractivity contribution is 7.99. The van der Waals surface area contributed by atoms with Crippen LogP contribution in [-0.2, 0) is 0 Å². The maximum absolute atomic E-state index is 12.0. The second kappa shape index (κ2) is 7.18. The predicted octanol–water partition coefficient (Wildman–Crippen LogP) is 3.29. The van der Waals surface area contributed by atoms with Crippen LogP contribution in [0.3, 0.4) is 0 Å². The van der Waals surface area contributed by atoms with Crippen molar-refractivity contribution in [2.24, 2.45) is 0 Å². The molecule has 0 aliphatic rings. The van der Waals surface area contributed by atoms with Gasteiger partial charge in [0, 0.05) is 34.4 Å². The Bertz CT molecular complexity index is 832. The van der Waals surface area contributed by atoms with Crippen molar-refractivity contribution in [2.45, 2.75) is 23.9 Å². The molecule has 2 aromatic heterocycles. The van der Waals surface area contributed by atoms with Crippen LogP contribution >= 0.6 is 11.8 Å². The van der Waals surface area contributed by atoms with Crippen molar-refractivity contribution < 1.29 is 4.79 Å². The number of amides is 1. The van der Waals surface area contributed by atoms with Crippen LogP contribution < -0.4 is 5.32 Å². The third-order valence-electron chi connectivity index (χ3n) is 3.08. The zero-order valence-corrected chi connectivity index (χ0v) is 14.0. The molecule has 1 aromatic carbocycles. The van der Waals surface area contributed by atoms with E-state index in [-0.39, 0.29) is 11.6 Å². The van der Waals surface area contributed by atoms with Gasteiger partial charge in [-0.1, -0.05) is 0 Å². The Morgan fingerprint density at radius 2 is 1.75 bits per heavy atom. The maximum Gasteiger partial charge on any atom is 0.275 e. The zero-order chi connectivity index (χ0) is 16.9. The number of hydrogen-bond donors (Lipinski definition) is 1. The van der Waals surface area contributed by atoms with Crippen LogP contribution in [0, 0.1) is 13.8 Å². The molecule has 0 bridgehead atoms. The summed E-state index contributed by atoms with van der Waals surface area (Å²) < 4.78 is 0. The molecule has 7 heteroatoms. The molecule has 0 spiro atoms. The third-order valence-corrected chi connectivity index (χ3v) is 3.95. The fraction of sp³-hybridized carbons (Fsp3) is 0.118. The normalized spacial score (nSPS) is 10.4. The highest BCUT2D eigenvalue weighted by atomic mass is 32.2. The van der Waals surface area contributed by atoms with Gasteiger partial charge in [0.05, 0.1) is 6.20 Å². The molecular weight excluding hydrogens is 322 g/mol. The van der Waals surface area contributed by atoms with Gasteiger partial charge in [-0.3, -0.25) is 9.78 Å². The molecule has 120 valence electrons. The zero-order valence-electron chi connectivity index (χ0n) is 13.2. The third kappa shape index (κ3) is 4.14. The van der Waals surface area contributed by atoms with Crippen molar-refractivity contribution in [3.63, 3.8) is 0 Å². The van der Waals surface area contributed by atoms with Gasteiger partial charge >= 0.3 is 0 Å². The first kappa shape index (κ1) is 16.1. The first-order chi connectivity index (χ1) is 11.6. The minimum Gasteiger partial charge on any atom is -0.321 e. The van der Waals surface area contributed by atoms with Crippen molar-refractivity contribution in [3.8, 4) is 0 Å². The first-order valence-corrected chi connectivity index (χ1v) is 8.09. The second-order valence-corrected chi connectivity index (χ2v) is 6.15. The van der Waals surface area contributed by atoms with Crippen LogP contribution in [0.15, 0.2) is 59.0 Å². The Kier molecular flexibility index (Phi) is 4.81. The smallest absolute Gasteiger partial charge is 0.275 e. The van der Waals surface area contributed by atoms with Gasteiger partial charge in [-0.15, -0.1) is 0 Å². The van der Waals surface area contributed by atoms with E-state index in [1.807, 2.05) is 44.2 Å². The van der Waals surface area contributed by atoms with Gasteiger partial charge in [0.25, 0.3) is 5.91 Å². The van der Waals surface area contributed by atoms with Gasteiger partial charge in [0.15, 0.2) is 5.16 Å². The maximum atomic E-state index is 12.0. The van der Waals surface area contributed by atoms with E-state index in [4.69, 9.17) is 0 Å². The summed E-state index contributed by atoms with van der Waals surface area (Å²) in [6, 6.07) is 9.43. The second-order valence-electron chi connectivity index (χ2n) is 5.10. The van der Waals surface area contributed by atoms with Crippen LogP contribution in [-0.4, -0.2) is 25.8 Å². The lowest BCUT2D eigenvalue weighted by Gasteiger charge is -2.06. The van der Waals surface area contributed by atoms with Gasteiger partial charge in [-0.2, -0.15) is 0 Å². The number of carbonyl (C=O) groups is 1. The molecule has 0 aliphatic carbocycles. The lowest BCUT2D eigenvalue weighted by atomic mass is 10.3. The fourth-order valence-corrected chi connectivity index (χ4v) is 2.92. The lowest BCUT2D eigenvalue weighted by molar-refractivity contribution is 0.102. The number of aryl methyl sites for hydroxylation is 2. The summed E-state index contributed by atoms with van der Waals surface area (Å²) in [6.45, 7) is 3.90. The average molecular weight is 337 g/mol. The highest BCUT2D eigenvalue weighted by Gasteiger charge is 2.08. The summed E-state index contributed by atoms with van der Waals surface area (Å²) in [5.41, 5.74) is 2.85. The molecule has 3 aromatic rings. The molecule has 0 unspecified atom stereocenters. The molecule has 1 amide bonds. The summed E-state index contributed by atoms with van der Waals surface area (Å²) in [7, 11) is 0. The van der Waals surface area contributed by atoms with Gasteiger partial charge in [0.2, 0.25) is 0 Å². The van der Waals surface area contributed by atoms with Crippen molar-refractivity contribution >= 4 is 23.4 Å². The van der Waals surface area contributed by atoms with E-state index < -0.39 is 0 Å². The summed E-state index contributed by atoms with van der Waals surface area (Å²) >= 11 is 1.48. The predicted molar refractivity (Wildman–Crippen MR) is 92.1 cm³/mol. The number of aromatic nitrogens is 4. The molecule has 0 fully saturated rings. The van der Waals surface area contributed by atoms with Gasteiger partial charge in [0.1, 0.15) is 5.69 Å². The monoisotopic (exact) mass is 337 g/mol. The molecule has 3 rings (SSSR count). The van der Waals surface area contributed by atoms with Crippen molar-refractivity contribution in [2.75, 3.05) is 5.32 Å². The van der Waals surface area contributed by atoms with E-state index in [0.717, 1.165) is 16.3 Å². The molecule has 0 radical (unpaired) electrons. The molecule has 6 nitrogen and oxygen atoms in total. The van der Waals surface area contributed by atoms with Gasteiger partial charge in [-0.05, 0) is 55.9 Å². The Labute approximate surface area is 143 Å². The van der Waals surface area contributed by atoms with E-state index in [1.54, 1.807) is 0 Å². The summed E-state index contributed by atoms with van der Waals surface area (Å²) in [5, 5.41) is 3.50. The van der Waals surface area contributed by atoms with Crippen molar-refractivity contribution in [1.29, 1.82) is 0 Å². The van der Waals surface area contributed by atoms with Crippen LogP contribution in [0.5, 0.6) is 0 Å². The summed E-state index contributed by atoms with van der Waals surface area (Å²) in [4.78, 5) is 29.7. The van der Waals surface area contributed by atoms with Crippen molar-refractivity contribution in [3.05, 3.63) is 66.0 Å². The Hall–Kier alpha value is -2.80. The number of benzene rings is 1. The van der Waals surface area contributed by atoms with Crippen LogP contribution in [0.1, 0.15) is 21.9 Å². The number of hydrogen-bond acceptors (Lipinski definition) is 6. The minimum atomic E-state index is -0.291. The van der Waals surface area contributed by atoms with Crippen molar-refractivity contribution in [1.82, 2.24) is 19.9 Å². The number of anilines is 1. The molecule has 2 heterocycles. The average Bonchev–Trinajstić information content (AvgIpc) is 2.56. The minimum absolute atomic E-state index is 0.277. The molecule has 24 heavy (non-hydrogen) atoms. The van der Waals surface area contributed by atoms with Gasteiger partial charge < -0.3 is 5.32 Å². The Balaban J connectivity index is 1.68. The standard InChI is InChI=1S/C17H15N5OS/c1-11-9-12(2)21-17(20-11)24-14-5-3-13(4-6-14)22-16(23)15-10-18-7-8-19-15/h3-10H,1-2H3,(H,22,23). The summed E-state index contributed by atoms with van der Waals surface area (Å²) in [6.07, 6.45) is 4.44. The van der Waals surface area contributed by atoms with Gasteiger partial charge in [-0.25, -0.2) is 15.0 Å². The largest absolute Gasteiger partial charge is 0.321 e. The molecule has 0 saturated carbocycles. The quantitative estimate of drug-likeness (QED) is 0.736. The fourth-order valence-electron chi connectivity index (χ4n) is 2.06. The SMILES string of the molecule is Cc1cc(C)nc(Sc2ccc(NC(=O)c3cnccn3)cc2)n1. The molecule has 1 N–H and O–H groups in total. The van der Waals surface area contributed by atoms with E-state index in [0.29, 0.717) is 10.8 Å². The molecular formula is C17H15N5OS. The number of carbonyl (C=O) groups excluding carboxylic acids is 1. The van der Waals surface area contributed by atoms with Crippen LogP contribution in [0.25, 0.3) is 0 Å². The summed E-state index contributed by atoms with van der Waals surface area (Å²) in [5.74, 6) is -0.291. The number of rotatable bonds is 4. The van der Waals surface area contributed by atoms with E-state index >= 15 is 0 Å². The lowest BCUT2D eigenvalue weighted by Crippen LogP contribution is -2.13. The van der Waals surface area contributed by atoms with Crippen LogP contribution in [0.4, 0.5) is 5.69 Å². The molecule has 0 aliphatic heterocycles.